The predicted octanol–water partition coefficient (Wildman–Crippen LogP) is 3.51. The fourth-order valence-corrected chi connectivity index (χ4v) is 4.40. The summed E-state index contributed by atoms with van der Waals surface area (Å²) < 4.78 is 19.0. The molecule has 1 saturated carbocycles. The molecule has 3 aliphatic rings. The van der Waals surface area contributed by atoms with Crippen LogP contribution < -0.4 is 4.74 Å². The Labute approximate surface area is 136 Å². The number of carbonyl (C=O) groups excluding carboxylic acids is 1. The van der Waals surface area contributed by atoms with Crippen molar-refractivity contribution in [1.29, 1.82) is 0 Å². The van der Waals surface area contributed by atoms with Gasteiger partial charge in [-0.25, -0.2) is 4.39 Å². The van der Waals surface area contributed by atoms with Gasteiger partial charge in [0.15, 0.2) is 11.6 Å². The van der Waals surface area contributed by atoms with Crippen LogP contribution in [0, 0.1) is 17.7 Å². The van der Waals surface area contributed by atoms with E-state index in [1.807, 2.05) is 6.07 Å². The molecule has 4 heteroatoms. The van der Waals surface area contributed by atoms with Crippen molar-refractivity contribution in [2.24, 2.45) is 11.8 Å². The van der Waals surface area contributed by atoms with Crippen molar-refractivity contribution >= 4 is 5.91 Å². The number of halogens is 1. The molecule has 1 aromatic carbocycles. The number of rotatable bonds is 3. The van der Waals surface area contributed by atoms with Crippen molar-refractivity contribution in [3.8, 4) is 5.75 Å². The molecule has 2 aliphatic carbocycles. The topological polar surface area (TPSA) is 29.5 Å². The van der Waals surface area contributed by atoms with Gasteiger partial charge in [-0.2, -0.15) is 0 Å². The Morgan fingerprint density at radius 2 is 1.91 bits per heavy atom. The molecule has 1 aromatic rings. The van der Waals surface area contributed by atoms with E-state index in [0.29, 0.717) is 29.4 Å². The highest BCUT2D eigenvalue weighted by Gasteiger charge is 2.37. The first-order valence-electron chi connectivity index (χ1n) is 8.82. The van der Waals surface area contributed by atoms with Crippen LogP contribution in [0.4, 0.5) is 4.39 Å². The van der Waals surface area contributed by atoms with Crippen LogP contribution >= 0.6 is 0 Å². The van der Waals surface area contributed by atoms with Crippen molar-refractivity contribution in [3.05, 3.63) is 29.1 Å². The Balaban J connectivity index is 1.46. The standard InChI is InChI=1S/C19H24FNO2/c1-23-18-11-16-14(10-17(18)20)4-5-15(16)12-6-8-21(9-7-12)19(22)13-2-3-13/h10-13,15H,2-9H2,1H3. The molecule has 2 fully saturated rings. The van der Waals surface area contributed by atoms with E-state index in [1.54, 1.807) is 6.07 Å². The van der Waals surface area contributed by atoms with Crippen molar-refractivity contribution in [3.63, 3.8) is 0 Å². The summed E-state index contributed by atoms with van der Waals surface area (Å²) in [5.74, 6) is 1.91. The molecule has 0 bridgehead atoms. The van der Waals surface area contributed by atoms with E-state index in [2.05, 4.69) is 4.90 Å². The number of hydrogen-bond acceptors (Lipinski definition) is 2. The molecule has 1 saturated heterocycles. The lowest BCUT2D eigenvalue weighted by atomic mass is 9.81. The molecule has 0 spiro atoms. The summed E-state index contributed by atoms with van der Waals surface area (Å²) in [4.78, 5) is 14.2. The minimum Gasteiger partial charge on any atom is -0.494 e. The van der Waals surface area contributed by atoms with E-state index in [1.165, 1.54) is 12.7 Å². The number of methoxy groups -OCH3 is 1. The van der Waals surface area contributed by atoms with E-state index in [0.717, 1.165) is 57.2 Å². The fourth-order valence-electron chi connectivity index (χ4n) is 4.40. The summed E-state index contributed by atoms with van der Waals surface area (Å²) in [5.41, 5.74) is 2.42. The highest BCUT2D eigenvalue weighted by Crippen LogP contribution is 2.44. The first kappa shape index (κ1) is 15.0. The molecule has 23 heavy (non-hydrogen) atoms. The predicted molar refractivity (Wildman–Crippen MR) is 86.0 cm³/mol. The van der Waals surface area contributed by atoms with Crippen molar-refractivity contribution in [1.82, 2.24) is 4.90 Å². The molecule has 1 heterocycles. The quantitative estimate of drug-likeness (QED) is 0.854. The van der Waals surface area contributed by atoms with Gasteiger partial charge in [0.25, 0.3) is 0 Å². The third kappa shape index (κ3) is 2.73. The molecule has 1 aliphatic heterocycles. The normalized spacial score (nSPS) is 24.6. The van der Waals surface area contributed by atoms with Gasteiger partial charge in [-0.3, -0.25) is 4.79 Å². The number of benzene rings is 1. The second-order valence-electron chi connectivity index (χ2n) is 7.27. The number of amides is 1. The molecular formula is C19H24FNO2. The van der Waals surface area contributed by atoms with Gasteiger partial charge in [-0.05, 0) is 73.6 Å². The first-order chi connectivity index (χ1) is 11.2. The second kappa shape index (κ2) is 5.81. The molecule has 0 N–H and O–H groups in total. The van der Waals surface area contributed by atoms with Crippen molar-refractivity contribution in [2.75, 3.05) is 20.2 Å². The Kier molecular flexibility index (Phi) is 3.78. The summed E-state index contributed by atoms with van der Waals surface area (Å²) in [6.07, 6.45) is 6.37. The zero-order chi connectivity index (χ0) is 16.0. The molecule has 1 atom stereocenters. The molecule has 0 aromatic heterocycles. The monoisotopic (exact) mass is 317 g/mol. The van der Waals surface area contributed by atoms with Gasteiger partial charge in [-0.1, -0.05) is 0 Å². The number of likely N-dealkylation sites (tertiary alicyclic amines) is 1. The van der Waals surface area contributed by atoms with Gasteiger partial charge in [0, 0.05) is 19.0 Å². The first-order valence-corrected chi connectivity index (χ1v) is 8.82. The van der Waals surface area contributed by atoms with Crippen LogP contribution in [0.15, 0.2) is 12.1 Å². The largest absolute Gasteiger partial charge is 0.494 e. The van der Waals surface area contributed by atoms with Gasteiger partial charge < -0.3 is 9.64 Å². The van der Waals surface area contributed by atoms with E-state index < -0.39 is 0 Å². The maximum Gasteiger partial charge on any atom is 0.225 e. The van der Waals surface area contributed by atoms with Crippen LogP contribution in [0.3, 0.4) is 0 Å². The lowest BCUT2D eigenvalue weighted by molar-refractivity contribution is -0.134. The smallest absolute Gasteiger partial charge is 0.225 e. The molecule has 0 radical (unpaired) electrons. The lowest BCUT2D eigenvalue weighted by Gasteiger charge is -2.35. The van der Waals surface area contributed by atoms with E-state index >= 15 is 0 Å². The number of nitrogens with zero attached hydrogens (tertiary/aromatic N) is 1. The van der Waals surface area contributed by atoms with E-state index in [4.69, 9.17) is 4.74 Å². The fraction of sp³-hybridized carbons (Fsp3) is 0.632. The Bertz CT molecular complexity index is 618. The summed E-state index contributed by atoms with van der Waals surface area (Å²) >= 11 is 0. The Hall–Kier alpha value is -1.58. The molecule has 1 unspecified atom stereocenters. The second-order valence-corrected chi connectivity index (χ2v) is 7.27. The molecular weight excluding hydrogens is 293 g/mol. The van der Waals surface area contributed by atoms with Crippen LogP contribution in [0.1, 0.15) is 49.1 Å². The van der Waals surface area contributed by atoms with Crippen LogP contribution in [-0.2, 0) is 11.2 Å². The molecule has 124 valence electrons. The maximum absolute atomic E-state index is 13.9. The molecule has 4 rings (SSSR count). The van der Waals surface area contributed by atoms with Crippen LogP contribution in [-0.4, -0.2) is 31.0 Å². The number of fused-ring (bicyclic) bond motifs is 1. The average molecular weight is 317 g/mol. The van der Waals surface area contributed by atoms with Gasteiger partial charge in [0.2, 0.25) is 5.91 Å². The Morgan fingerprint density at radius 1 is 1.17 bits per heavy atom. The third-order valence-corrected chi connectivity index (χ3v) is 5.88. The minimum atomic E-state index is -0.253. The lowest BCUT2D eigenvalue weighted by Crippen LogP contribution is -2.40. The number of hydrogen-bond donors (Lipinski definition) is 0. The van der Waals surface area contributed by atoms with Gasteiger partial charge in [0.1, 0.15) is 0 Å². The number of ether oxygens (including phenoxy) is 1. The zero-order valence-corrected chi connectivity index (χ0v) is 13.7. The summed E-state index contributed by atoms with van der Waals surface area (Å²) in [5, 5.41) is 0. The van der Waals surface area contributed by atoms with Crippen molar-refractivity contribution in [2.45, 2.75) is 44.4 Å². The summed E-state index contributed by atoms with van der Waals surface area (Å²) in [7, 11) is 1.52. The van der Waals surface area contributed by atoms with Gasteiger partial charge >= 0.3 is 0 Å². The van der Waals surface area contributed by atoms with Gasteiger partial charge in [0.05, 0.1) is 7.11 Å². The maximum atomic E-state index is 13.9. The van der Waals surface area contributed by atoms with E-state index in [9.17, 15) is 9.18 Å². The zero-order valence-electron chi connectivity index (χ0n) is 13.7. The minimum absolute atomic E-state index is 0.253. The van der Waals surface area contributed by atoms with Crippen LogP contribution in [0.2, 0.25) is 0 Å². The van der Waals surface area contributed by atoms with Crippen LogP contribution in [0.25, 0.3) is 0 Å². The van der Waals surface area contributed by atoms with Crippen LogP contribution in [0.5, 0.6) is 5.75 Å². The molecule has 1 amide bonds. The average Bonchev–Trinajstić information content (AvgIpc) is 3.34. The number of aryl methyl sites for hydroxylation is 1. The summed E-state index contributed by atoms with van der Waals surface area (Å²) in [6, 6.07) is 3.56. The van der Waals surface area contributed by atoms with Gasteiger partial charge in [-0.15, -0.1) is 0 Å². The number of piperidine rings is 1. The van der Waals surface area contributed by atoms with Crippen molar-refractivity contribution < 1.29 is 13.9 Å². The number of carbonyl (C=O) groups is 1. The SMILES string of the molecule is COc1cc2c(cc1F)CCC2C1CCN(C(=O)C2CC2)CC1. The summed E-state index contributed by atoms with van der Waals surface area (Å²) in [6.45, 7) is 1.79. The third-order valence-electron chi connectivity index (χ3n) is 5.88. The van der Waals surface area contributed by atoms with E-state index in [-0.39, 0.29) is 5.82 Å². The highest BCUT2D eigenvalue weighted by atomic mass is 19.1. The highest BCUT2D eigenvalue weighted by molar-refractivity contribution is 5.81. The Morgan fingerprint density at radius 3 is 2.57 bits per heavy atom. The molecule has 3 nitrogen and oxygen atoms in total.